The van der Waals surface area contributed by atoms with Gasteiger partial charge in [-0.15, -0.1) is 12.4 Å². The molecule has 1 aromatic rings. The second kappa shape index (κ2) is 10.4. The molecule has 2 rings (SSSR count). The van der Waals surface area contributed by atoms with Crippen molar-refractivity contribution in [3.8, 4) is 0 Å². The van der Waals surface area contributed by atoms with E-state index in [-0.39, 0.29) is 30.5 Å². The molecule has 0 aromatic heterocycles. The van der Waals surface area contributed by atoms with Gasteiger partial charge in [0.25, 0.3) is 0 Å². The molecule has 0 spiro atoms. The van der Waals surface area contributed by atoms with Gasteiger partial charge in [0.05, 0.1) is 12.6 Å². The third-order valence-corrected chi connectivity index (χ3v) is 5.30. The molecule has 1 heterocycles. The lowest BCUT2D eigenvalue weighted by atomic mass is 9.99. The minimum atomic E-state index is 0. The molecule has 1 aliphatic heterocycles. The molecular formula is C17H27BrClN3O2. The van der Waals surface area contributed by atoms with Gasteiger partial charge in [-0.05, 0) is 24.5 Å². The van der Waals surface area contributed by atoms with Crippen molar-refractivity contribution >= 4 is 34.2 Å². The fourth-order valence-corrected chi connectivity index (χ4v) is 3.41. The molecule has 1 aliphatic rings. The van der Waals surface area contributed by atoms with E-state index in [2.05, 4.69) is 20.8 Å². The number of carbonyl (C=O) groups excluding carboxylic acids is 1. The summed E-state index contributed by atoms with van der Waals surface area (Å²) in [7, 11) is 3.59. The van der Waals surface area contributed by atoms with E-state index in [4.69, 9.17) is 10.5 Å². The Hall–Kier alpha value is -0.660. The van der Waals surface area contributed by atoms with Gasteiger partial charge in [0.2, 0.25) is 5.91 Å². The molecule has 0 bridgehead atoms. The Balaban J connectivity index is 0.00000288. The molecule has 1 aromatic carbocycles. The Morgan fingerprint density at radius 1 is 1.46 bits per heavy atom. The van der Waals surface area contributed by atoms with E-state index in [1.165, 1.54) is 0 Å². The van der Waals surface area contributed by atoms with Crippen molar-refractivity contribution in [2.75, 3.05) is 33.8 Å². The van der Waals surface area contributed by atoms with E-state index in [1.807, 2.05) is 31.3 Å². The van der Waals surface area contributed by atoms with Crippen LogP contribution in [0.4, 0.5) is 0 Å². The van der Waals surface area contributed by atoms with Gasteiger partial charge in [-0.1, -0.05) is 34.1 Å². The first-order chi connectivity index (χ1) is 11.0. The average molecular weight is 421 g/mol. The van der Waals surface area contributed by atoms with Crippen molar-refractivity contribution in [3.63, 3.8) is 0 Å². The van der Waals surface area contributed by atoms with Gasteiger partial charge in [0.1, 0.15) is 0 Å². The van der Waals surface area contributed by atoms with Crippen LogP contribution in [0.3, 0.4) is 0 Å². The first-order valence-electron chi connectivity index (χ1n) is 7.99. The number of ether oxygens (including phenoxy) is 1. The number of likely N-dealkylation sites (N-methyl/N-ethyl adjacent to an activating group) is 1. The van der Waals surface area contributed by atoms with E-state index in [0.29, 0.717) is 19.6 Å². The monoisotopic (exact) mass is 419 g/mol. The van der Waals surface area contributed by atoms with Crippen LogP contribution in [0.25, 0.3) is 0 Å². The molecule has 136 valence electrons. The molecule has 0 saturated carbocycles. The first kappa shape index (κ1) is 21.4. The van der Waals surface area contributed by atoms with E-state index >= 15 is 0 Å². The summed E-state index contributed by atoms with van der Waals surface area (Å²) < 4.78 is 6.46. The van der Waals surface area contributed by atoms with Gasteiger partial charge in [-0.2, -0.15) is 0 Å². The standard InChI is InChI=1S/C17H26BrN3O2.ClH/c1-20(11-13-5-3-4-6-16(13)18)17(22)12-21-8-7-15(23-2)9-14(21)10-19;/h3-6,14-15H,7-12,19H2,1-2H3;1H. The summed E-state index contributed by atoms with van der Waals surface area (Å²) in [6.45, 7) is 2.43. The normalized spacial score (nSPS) is 21.2. The van der Waals surface area contributed by atoms with Crippen LogP contribution < -0.4 is 5.73 Å². The maximum absolute atomic E-state index is 12.5. The zero-order valence-corrected chi connectivity index (χ0v) is 16.7. The number of likely N-dealkylation sites (tertiary alicyclic amines) is 1. The molecular weight excluding hydrogens is 394 g/mol. The average Bonchev–Trinajstić information content (AvgIpc) is 2.57. The molecule has 5 nitrogen and oxygen atoms in total. The summed E-state index contributed by atoms with van der Waals surface area (Å²) in [5.74, 6) is 0.120. The van der Waals surface area contributed by atoms with E-state index in [9.17, 15) is 4.79 Å². The fraction of sp³-hybridized carbons (Fsp3) is 0.588. The maximum atomic E-state index is 12.5. The van der Waals surface area contributed by atoms with Crippen molar-refractivity contribution in [3.05, 3.63) is 34.3 Å². The molecule has 24 heavy (non-hydrogen) atoms. The SMILES string of the molecule is COC1CCN(CC(=O)N(C)Cc2ccccc2Br)C(CN)C1.Cl. The third kappa shape index (κ3) is 5.70. The number of carbonyl (C=O) groups is 1. The first-order valence-corrected chi connectivity index (χ1v) is 8.78. The van der Waals surface area contributed by atoms with Crippen molar-refractivity contribution in [2.45, 2.75) is 31.5 Å². The van der Waals surface area contributed by atoms with Crippen molar-refractivity contribution < 1.29 is 9.53 Å². The minimum Gasteiger partial charge on any atom is -0.381 e. The van der Waals surface area contributed by atoms with E-state index in [1.54, 1.807) is 12.0 Å². The molecule has 2 unspecified atom stereocenters. The van der Waals surface area contributed by atoms with E-state index < -0.39 is 0 Å². The number of halogens is 2. The topological polar surface area (TPSA) is 58.8 Å². The van der Waals surface area contributed by atoms with Gasteiger partial charge in [0.15, 0.2) is 0 Å². The lowest BCUT2D eigenvalue weighted by molar-refractivity contribution is -0.133. The lowest BCUT2D eigenvalue weighted by Gasteiger charge is -2.38. The number of benzene rings is 1. The molecule has 1 saturated heterocycles. The van der Waals surface area contributed by atoms with Crippen molar-refractivity contribution in [1.29, 1.82) is 0 Å². The van der Waals surface area contributed by atoms with E-state index in [0.717, 1.165) is 29.4 Å². The van der Waals surface area contributed by atoms with Gasteiger partial charge < -0.3 is 15.4 Å². The predicted molar refractivity (Wildman–Crippen MR) is 102 cm³/mol. The van der Waals surface area contributed by atoms with Crippen LogP contribution in [-0.2, 0) is 16.1 Å². The number of nitrogens with zero attached hydrogens (tertiary/aromatic N) is 2. The smallest absolute Gasteiger partial charge is 0.236 e. The van der Waals surface area contributed by atoms with Crippen LogP contribution in [0.15, 0.2) is 28.7 Å². The highest BCUT2D eigenvalue weighted by atomic mass is 79.9. The second-order valence-corrected chi connectivity index (χ2v) is 6.94. The molecule has 2 atom stereocenters. The van der Waals surface area contributed by atoms with Gasteiger partial charge in [-0.3, -0.25) is 9.69 Å². The quantitative estimate of drug-likeness (QED) is 0.767. The summed E-state index contributed by atoms with van der Waals surface area (Å²) >= 11 is 3.53. The van der Waals surface area contributed by atoms with Gasteiger partial charge in [0, 0.05) is 44.3 Å². The Morgan fingerprint density at radius 3 is 2.79 bits per heavy atom. The highest BCUT2D eigenvalue weighted by Gasteiger charge is 2.29. The van der Waals surface area contributed by atoms with Gasteiger partial charge >= 0.3 is 0 Å². The van der Waals surface area contributed by atoms with Crippen molar-refractivity contribution in [2.24, 2.45) is 5.73 Å². The Morgan fingerprint density at radius 2 is 2.17 bits per heavy atom. The fourth-order valence-electron chi connectivity index (χ4n) is 3.00. The van der Waals surface area contributed by atoms with Crippen LogP contribution in [0.2, 0.25) is 0 Å². The van der Waals surface area contributed by atoms with Crippen LogP contribution in [0, 0.1) is 0 Å². The predicted octanol–water partition coefficient (Wildman–Crippen LogP) is 2.27. The Kier molecular flexibility index (Phi) is 9.23. The number of methoxy groups -OCH3 is 1. The minimum absolute atomic E-state index is 0. The maximum Gasteiger partial charge on any atom is 0.236 e. The van der Waals surface area contributed by atoms with Crippen molar-refractivity contribution in [1.82, 2.24) is 9.80 Å². The number of hydrogen-bond donors (Lipinski definition) is 1. The third-order valence-electron chi connectivity index (χ3n) is 4.52. The number of rotatable bonds is 6. The Bertz CT molecular complexity index is 532. The molecule has 1 fully saturated rings. The van der Waals surface area contributed by atoms with Crippen LogP contribution in [0.1, 0.15) is 18.4 Å². The van der Waals surface area contributed by atoms with Crippen LogP contribution in [-0.4, -0.2) is 61.6 Å². The number of nitrogens with two attached hydrogens (primary N) is 1. The van der Waals surface area contributed by atoms with Crippen LogP contribution in [0.5, 0.6) is 0 Å². The molecule has 0 aliphatic carbocycles. The number of piperidine rings is 1. The zero-order chi connectivity index (χ0) is 16.8. The summed E-state index contributed by atoms with van der Waals surface area (Å²) in [5.41, 5.74) is 6.99. The number of amides is 1. The molecule has 0 radical (unpaired) electrons. The Labute approximate surface area is 159 Å². The van der Waals surface area contributed by atoms with Crippen LogP contribution >= 0.6 is 28.3 Å². The molecule has 7 heteroatoms. The molecule has 2 N–H and O–H groups in total. The van der Waals surface area contributed by atoms with Gasteiger partial charge in [-0.25, -0.2) is 0 Å². The lowest BCUT2D eigenvalue weighted by Crippen LogP contribution is -2.51. The summed E-state index contributed by atoms with van der Waals surface area (Å²) in [4.78, 5) is 16.5. The second-order valence-electron chi connectivity index (χ2n) is 6.08. The summed E-state index contributed by atoms with van der Waals surface area (Å²) in [6, 6.07) is 8.20. The summed E-state index contributed by atoms with van der Waals surface area (Å²) in [5, 5.41) is 0. The number of hydrogen-bond acceptors (Lipinski definition) is 4. The zero-order valence-electron chi connectivity index (χ0n) is 14.3. The summed E-state index contributed by atoms with van der Waals surface area (Å²) in [6.07, 6.45) is 2.11. The molecule has 1 amide bonds. The highest BCUT2D eigenvalue weighted by Crippen LogP contribution is 2.20. The largest absolute Gasteiger partial charge is 0.381 e. The highest BCUT2D eigenvalue weighted by molar-refractivity contribution is 9.10.